The van der Waals surface area contributed by atoms with Gasteiger partial charge in [0.2, 0.25) is 5.95 Å². The van der Waals surface area contributed by atoms with Gasteiger partial charge in [-0.15, -0.1) is 0 Å². The average Bonchev–Trinajstić information content (AvgIpc) is 3.42. The van der Waals surface area contributed by atoms with Gasteiger partial charge < -0.3 is 10.0 Å². The second-order valence-electron chi connectivity index (χ2n) is 7.83. The molecule has 1 aliphatic heterocycles. The van der Waals surface area contributed by atoms with E-state index in [0.717, 1.165) is 11.3 Å². The zero-order valence-electron chi connectivity index (χ0n) is 17.0. The number of nitrogens with zero attached hydrogens (tertiary/aromatic N) is 7. The smallest absolute Gasteiger partial charge is 0.245 e. The number of aromatic nitrogens is 6. The van der Waals surface area contributed by atoms with Crippen molar-refractivity contribution in [2.45, 2.75) is 19.1 Å². The van der Waals surface area contributed by atoms with Gasteiger partial charge in [-0.05, 0) is 33.5 Å². The molecule has 0 aliphatic carbocycles. The lowest BCUT2D eigenvalue weighted by atomic mass is 10.0. The molecule has 0 radical (unpaired) electrons. The van der Waals surface area contributed by atoms with Gasteiger partial charge in [0.25, 0.3) is 0 Å². The van der Waals surface area contributed by atoms with Gasteiger partial charge >= 0.3 is 0 Å². The van der Waals surface area contributed by atoms with E-state index < -0.39 is 6.10 Å². The number of anilines is 1. The Morgan fingerprint density at radius 1 is 0.935 bits per heavy atom. The molecule has 5 rings (SSSR count). The molecule has 1 N–H and O–H groups in total. The third-order valence-electron chi connectivity index (χ3n) is 5.68. The van der Waals surface area contributed by atoms with E-state index in [9.17, 15) is 5.11 Å². The van der Waals surface area contributed by atoms with E-state index in [1.54, 1.807) is 23.3 Å². The molecule has 4 aromatic rings. The average molecular weight is 413 g/mol. The molecular weight excluding hydrogens is 390 g/mol. The summed E-state index contributed by atoms with van der Waals surface area (Å²) in [6.45, 7) is 1.74. The highest BCUT2D eigenvalue weighted by Gasteiger charge is 2.34. The Morgan fingerprint density at radius 2 is 1.74 bits per heavy atom. The van der Waals surface area contributed by atoms with Gasteiger partial charge in [-0.1, -0.05) is 59.7 Å². The van der Waals surface area contributed by atoms with E-state index in [4.69, 9.17) is 0 Å². The summed E-state index contributed by atoms with van der Waals surface area (Å²) in [5.41, 5.74) is 4.36. The van der Waals surface area contributed by atoms with Crippen LogP contribution in [0, 0.1) is 5.92 Å². The van der Waals surface area contributed by atoms with E-state index in [2.05, 4.69) is 61.9 Å². The van der Waals surface area contributed by atoms with E-state index in [1.165, 1.54) is 11.1 Å². The predicted octanol–water partition coefficient (Wildman–Crippen LogP) is 2.22. The lowest BCUT2D eigenvalue weighted by molar-refractivity contribution is 0.147. The van der Waals surface area contributed by atoms with Crippen molar-refractivity contribution in [3.8, 4) is 11.1 Å². The van der Waals surface area contributed by atoms with E-state index in [0.29, 0.717) is 32.0 Å². The molecule has 8 heteroatoms. The largest absolute Gasteiger partial charge is 0.391 e. The highest BCUT2D eigenvalue weighted by Crippen LogP contribution is 2.25. The fourth-order valence-electron chi connectivity index (χ4n) is 4.06. The molecule has 1 saturated heterocycles. The Kier molecular flexibility index (Phi) is 5.37. The lowest BCUT2D eigenvalue weighted by Gasteiger charge is -2.16. The maximum atomic E-state index is 10.6. The van der Waals surface area contributed by atoms with Gasteiger partial charge in [0, 0.05) is 37.6 Å². The molecule has 1 aliphatic rings. The van der Waals surface area contributed by atoms with Crippen molar-refractivity contribution in [1.82, 2.24) is 30.2 Å². The number of tetrazole rings is 1. The molecule has 0 bridgehead atoms. The molecule has 0 saturated carbocycles. The molecule has 8 nitrogen and oxygen atoms in total. The van der Waals surface area contributed by atoms with Crippen molar-refractivity contribution < 1.29 is 5.11 Å². The standard InChI is InChI=1S/C23H23N7O/c31-22-16-29(15-20(22)12-21-13-24-10-11-25-21)23-26-27-28-30(23)14-17-6-8-19(9-7-17)18-4-2-1-3-5-18/h1-11,13,20,22,31H,12,14-16H2/t20-,22-/m1/s1. The highest BCUT2D eigenvalue weighted by molar-refractivity contribution is 5.63. The fraction of sp³-hybridized carbons (Fsp3) is 0.261. The minimum atomic E-state index is -0.461. The first-order valence-corrected chi connectivity index (χ1v) is 10.3. The molecular formula is C23H23N7O. The van der Waals surface area contributed by atoms with Crippen LogP contribution in [-0.2, 0) is 13.0 Å². The van der Waals surface area contributed by atoms with Crippen LogP contribution in [-0.4, -0.2) is 54.5 Å². The Morgan fingerprint density at radius 3 is 2.52 bits per heavy atom. The molecule has 0 amide bonds. The zero-order valence-corrected chi connectivity index (χ0v) is 17.0. The third-order valence-corrected chi connectivity index (χ3v) is 5.68. The molecule has 0 spiro atoms. The van der Waals surface area contributed by atoms with Crippen molar-refractivity contribution in [3.63, 3.8) is 0 Å². The SMILES string of the molecule is O[C@@H]1CN(c2nnnn2Cc2ccc(-c3ccccc3)cc2)C[C@H]1Cc1cnccn1. The number of hydrogen-bond acceptors (Lipinski definition) is 7. The van der Waals surface area contributed by atoms with Crippen LogP contribution < -0.4 is 4.90 Å². The van der Waals surface area contributed by atoms with Crippen LogP contribution in [0.1, 0.15) is 11.3 Å². The van der Waals surface area contributed by atoms with Crippen molar-refractivity contribution in [3.05, 3.63) is 84.4 Å². The first kappa shape index (κ1) is 19.3. The summed E-state index contributed by atoms with van der Waals surface area (Å²) >= 11 is 0. The van der Waals surface area contributed by atoms with Crippen LogP contribution in [0.3, 0.4) is 0 Å². The van der Waals surface area contributed by atoms with Gasteiger partial charge in [-0.3, -0.25) is 9.97 Å². The number of benzene rings is 2. The number of hydrogen-bond donors (Lipinski definition) is 1. The summed E-state index contributed by atoms with van der Waals surface area (Å²) in [5, 5.41) is 22.9. The molecule has 2 aromatic heterocycles. The Bertz CT molecular complexity index is 1120. The summed E-state index contributed by atoms with van der Waals surface area (Å²) in [5.74, 6) is 0.736. The van der Waals surface area contributed by atoms with Gasteiger partial charge in [0.15, 0.2) is 0 Å². The second-order valence-corrected chi connectivity index (χ2v) is 7.83. The summed E-state index contributed by atoms with van der Waals surface area (Å²) in [4.78, 5) is 10.5. The quantitative estimate of drug-likeness (QED) is 0.518. The van der Waals surface area contributed by atoms with Crippen LogP contribution in [0.15, 0.2) is 73.2 Å². The van der Waals surface area contributed by atoms with Crippen LogP contribution in [0.2, 0.25) is 0 Å². The molecule has 31 heavy (non-hydrogen) atoms. The van der Waals surface area contributed by atoms with E-state index in [-0.39, 0.29) is 5.92 Å². The van der Waals surface area contributed by atoms with Gasteiger partial charge in [-0.2, -0.15) is 0 Å². The maximum Gasteiger partial charge on any atom is 0.245 e. The van der Waals surface area contributed by atoms with Crippen molar-refractivity contribution in [1.29, 1.82) is 0 Å². The zero-order chi connectivity index (χ0) is 21.0. The van der Waals surface area contributed by atoms with Gasteiger partial charge in [0.1, 0.15) is 0 Å². The normalized spacial score (nSPS) is 18.4. The van der Waals surface area contributed by atoms with Crippen molar-refractivity contribution in [2.24, 2.45) is 5.92 Å². The highest BCUT2D eigenvalue weighted by atomic mass is 16.3. The molecule has 2 aromatic carbocycles. The molecule has 2 atom stereocenters. The molecule has 156 valence electrons. The Balaban J connectivity index is 1.28. The Labute approximate surface area is 180 Å². The topological polar surface area (TPSA) is 92.8 Å². The molecule has 1 fully saturated rings. The number of aliphatic hydroxyl groups is 1. The minimum absolute atomic E-state index is 0.0620. The minimum Gasteiger partial charge on any atom is -0.391 e. The van der Waals surface area contributed by atoms with E-state index in [1.807, 2.05) is 23.1 Å². The summed E-state index contributed by atoms with van der Waals surface area (Å²) < 4.78 is 1.79. The fourth-order valence-corrected chi connectivity index (χ4v) is 4.06. The monoisotopic (exact) mass is 413 g/mol. The number of rotatable bonds is 6. The van der Waals surface area contributed by atoms with Gasteiger partial charge in [0.05, 0.1) is 18.3 Å². The predicted molar refractivity (Wildman–Crippen MR) is 116 cm³/mol. The second kappa shape index (κ2) is 8.61. The van der Waals surface area contributed by atoms with Gasteiger partial charge in [-0.25, -0.2) is 4.68 Å². The van der Waals surface area contributed by atoms with E-state index >= 15 is 0 Å². The summed E-state index contributed by atoms with van der Waals surface area (Å²) in [6.07, 6.45) is 5.30. The number of aliphatic hydroxyl groups excluding tert-OH is 1. The number of β-amino-alcohol motifs (C(OH)–C–C–N with tert-alkyl or cyclic N) is 1. The summed E-state index contributed by atoms with van der Waals surface area (Å²) in [7, 11) is 0. The maximum absolute atomic E-state index is 10.6. The van der Waals surface area contributed by atoms with Crippen LogP contribution in [0.5, 0.6) is 0 Å². The third kappa shape index (κ3) is 4.29. The van der Waals surface area contributed by atoms with Crippen molar-refractivity contribution in [2.75, 3.05) is 18.0 Å². The lowest BCUT2D eigenvalue weighted by Crippen LogP contribution is -2.25. The van der Waals surface area contributed by atoms with Crippen LogP contribution in [0.25, 0.3) is 11.1 Å². The van der Waals surface area contributed by atoms with Crippen LogP contribution in [0.4, 0.5) is 5.95 Å². The molecule has 0 unspecified atom stereocenters. The summed E-state index contributed by atoms with van der Waals surface area (Å²) in [6, 6.07) is 18.7. The van der Waals surface area contributed by atoms with Crippen molar-refractivity contribution >= 4 is 5.95 Å². The van der Waals surface area contributed by atoms with Crippen LogP contribution >= 0.6 is 0 Å². The molecule has 3 heterocycles. The first-order valence-electron chi connectivity index (χ1n) is 10.3. The first-order chi connectivity index (χ1) is 15.3. The Hall–Kier alpha value is -3.65.